The molecular weight excluding hydrogens is 364 g/mol. The van der Waals surface area contributed by atoms with E-state index in [2.05, 4.69) is 67.6 Å². The predicted octanol–water partition coefficient (Wildman–Crippen LogP) is 7.80. The van der Waals surface area contributed by atoms with Crippen LogP contribution in [-0.4, -0.2) is 6.61 Å². The second-order valence-corrected chi connectivity index (χ2v) is 8.66. The fourth-order valence-corrected chi connectivity index (χ4v) is 4.45. The Morgan fingerprint density at radius 3 is 1.90 bits per heavy atom. The maximum absolute atomic E-state index is 5.62. The first-order valence-electron chi connectivity index (χ1n) is 11.7. The third-order valence-electron chi connectivity index (χ3n) is 6.45. The molecule has 1 fully saturated rings. The highest BCUT2D eigenvalue weighted by atomic mass is 16.5. The Balaban J connectivity index is 1.42. The Bertz CT molecular complexity index is 774. The lowest BCUT2D eigenvalue weighted by Gasteiger charge is -2.28. The normalized spacial score (nSPS) is 19.7. The number of hydrogen-bond acceptors (Lipinski definition) is 1. The first-order valence-corrected chi connectivity index (χ1v) is 11.7. The first-order chi connectivity index (χ1) is 14.8. The zero-order valence-corrected chi connectivity index (χ0v) is 18.9. The van der Waals surface area contributed by atoms with Gasteiger partial charge >= 0.3 is 0 Å². The summed E-state index contributed by atoms with van der Waals surface area (Å²) in [4.78, 5) is 0. The van der Waals surface area contributed by atoms with Crippen LogP contribution < -0.4 is 0 Å². The van der Waals surface area contributed by atoms with E-state index < -0.39 is 0 Å². The average molecular weight is 403 g/mol. The smallest absolute Gasteiger partial charge is 0.0721 e. The Labute approximate surface area is 183 Å². The van der Waals surface area contributed by atoms with E-state index in [1.165, 1.54) is 48.8 Å². The van der Waals surface area contributed by atoms with Crippen LogP contribution in [0.4, 0.5) is 0 Å². The molecule has 1 saturated carbocycles. The summed E-state index contributed by atoms with van der Waals surface area (Å²) in [7, 11) is 0. The number of allylic oxidation sites excluding steroid dienone is 3. The van der Waals surface area contributed by atoms with Gasteiger partial charge in [-0.25, -0.2) is 0 Å². The number of ether oxygens (including phenoxy) is 1. The van der Waals surface area contributed by atoms with Crippen molar-refractivity contribution < 1.29 is 4.74 Å². The van der Waals surface area contributed by atoms with Gasteiger partial charge in [-0.3, -0.25) is 0 Å². The van der Waals surface area contributed by atoms with Gasteiger partial charge in [0.25, 0.3) is 0 Å². The summed E-state index contributed by atoms with van der Waals surface area (Å²) in [6, 6.07) is 18.4. The van der Waals surface area contributed by atoms with E-state index in [1.807, 2.05) is 19.1 Å². The third kappa shape index (κ3) is 7.29. The lowest BCUT2D eigenvalue weighted by atomic mass is 9.77. The fraction of sp³-hybridized carbons (Fsp3) is 0.448. The molecule has 2 aromatic carbocycles. The molecule has 1 aliphatic carbocycles. The lowest BCUT2D eigenvalue weighted by Crippen LogP contribution is -2.12. The van der Waals surface area contributed by atoms with E-state index in [1.54, 1.807) is 5.56 Å². The van der Waals surface area contributed by atoms with Crippen molar-refractivity contribution in [2.24, 2.45) is 5.92 Å². The second kappa shape index (κ2) is 12.5. The average Bonchev–Trinajstić information content (AvgIpc) is 2.81. The summed E-state index contributed by atoms with van der Waals surface area (Å²) < 4.78 is 5.62. The van der Waals surface area contributed by atoms with Gasteiger partial charge in [0.1, 0.15) is 0 Å². The number of benzene rings is 2. The van der Waals surface area contributed by atoms with Crippen LogP contribution in [0.15, 0.2) is 72.8 Å². The monoisotopic (exact) mass is 402 g/mol. The van der Waals surface area contributed by atoms with E-state index >= 15 is 0 Å². The van der Waals surface area contributed by atoms with E-state index in [0.29, 0.717) is 13.2 Å². The van der Waals surface area contributed by atoms with E-state index in [-0.39, 0.29) is 0 Å². The van der Waals surface area contributed by atoms with Crippen LogP contribution in [0.3, 0.4) is 0 Å². The molecule has 1 nitrogen and oxygen atoms in total. The lowest BCUT2D eigenvalue weighted by molar-refractivity contribution is 0.148. The maximum atomic E-state index is 5.62. The minimum absolute atomic E-state index is 0.684. The number of aryl methyl sites for hydroxylation is 2. The van der Waals surface area contributed by atoms with Crippen molar-refractivity contribution in [1.82, 2.24) is 0 Å². The van der Waals surface area contributed by atoms with Crippen LogP contribution in [-0.2, 0) is 24.2 Å². The first kappa shape index (κ1) is 22.6. The molecule has 0 saturated heterocycles. The topological polar surface area (TPSA) is 9.23 Å². The number of rotatable bonds is 10. The summed E-state index contributed by atoms with van der Waals surface area (Å²) >= 11 is 0. The molecule has 1 heteroatoms. The van der Waals surface area contributed by atoms with Gasteiger partial charge < -0.3 is 4.74 Å². The predicted molar refractivity (Wildman–Crippen MR) is 129 cm³/mol. The molecule has 30 heavy (non-hydrogen) atoms. The Hall–Kier alpha value is -2.12. The molecule has 1 aliphatic rings. The minimum Gasteiger partial charge on any atom is -0.373 e. The van der Waals surface area contributed by atoms with Crippen molar-refractivity contribution in [2.45, 2.75) is 71.3 Å². The van der Waals surface area contributed by atoms with Gasteiger partial charge in [0, 0.05) is 0 Å². The van der Waals surface area contributed by atoms with Gasteiger partial charge in [-0.15, -0.1) is 0 Å². The van der Waals surface area contributed by atoms with Gasteiger partial charge in [0.05, 0.1) is 13.2 Å². The van der Waals surface area contributed by atoms with Crippen LogP contribution in [0.2, 0.25) is 0 Å². The summed E-state index contributed by atoms with van der Waals surface area (Å²) in [5.74, 6) is 1.67. The van der Waals surface area contributed by atoms with Gasteiger partial charge in [-0.05, 0) is 92.9 Å². The molecule has 0 atom stereocenters. The van der Waals surface area contributed by atoms with Crippen LogP contribution in [0.1, 0.15) is 74.1 Å². The highest BCUT2D eigenvalue weighted by Gasteiger charge is 2.21. The fourth-order valence-electron chi connectivity index (χ4n) is 4.45. The van der Waals surface area contributed by atoms with Crippen LogP contribution in [0.25, 0.3) is 0 Å². The van der Waals surface area contributed by atoms with Crippen molar-refractivity contribution >= 4 is 0 Å². The molecule has 3 rings (SSSR count). The van der Waals surface area contributed by atoms with Crippen molar-refractivity contribution in [3.63, 3.8) is 0 Å². The van der Waals surface area contributed by atoms with Gasteiger partial charge in [-0.2, -0.15) is 0 Å². The minimum atomic E-state index is 0.684. The SMILES string of the molecule is C/C=C/COCc1ccc(CCc2ccc([C@H]3CC[C@H](C/C=C/C)CC3)cc2)cc1. The zero-order valence-electron chi connectivity index (χ0n) is 18.9. The Morgan fingerprint density at radius 2 is 1.30 bits per heavy atom. The molecule has 160 valence electrons. The third-order valence-corrected chi connectivity index (χ3v) is 6.45. The van der Waals surface area contributed by atoms with Crippen LogP contribution in [0, 0.1) is 5.92 Å². The molecule has 0 aliphatic heterocycles. The zero-order chi connectivity index (χ0) is 21.0. The maximum Gasteiger partial charge on any atom is 0.0721 e. The second-order valence-electron chi connectivity index (χ2n) is 8.66. The molecule has 0 aromatic heterocycles. The molecule has 0 unspecified atom stereocenters. The van der Waals surface area contributed by atoms with Crippen molar-refractivity contribution in [1.29, 1.82) is 0 Å². The number of hydrogen-bond donors (Lipinski definition) is 0. The molecule has 0 amide bonds. The molecule has 0 N–H and O–H groups in total. The van der Waals surface area contributed by atoms with Crippen LogP contribution >= 0.6 is 0 Å². The molecule has 0 radical (unpaired) electrons. The molecular formula is C29H38O. The van der Waals surface area contributed by atoms with E-state index in [9.17, 15) is 0 Å². The van der Waals surface area contributed by atoms with Gasteiger partial charge in [0.2, 0.25) is 0 Å². The summed E-state index contributed by atoms with van der Waals surface area (Å²) in [5.41, 5.74) is 5.63. The quantitative estimate of drug-likeness (QED) is 0.291. The molecule has 0 heterocycles. The molecule has 0 bridgehead atoms. The van der Waals surface area contributed by atoms with Crippen molar-refractivity contribution in [3.8, 4) is 0 Å². The van der Waals surface area contributed by atoms with Gasteiger partial charge in [0.15, 0.2) is 0 Å². The largest absolute Gasteiger partial charge is 0.373 e. The van der Waals surface area contributed by atoms with Crippen molar-refractivity contribution in [3.05, 3.63) is 95.1 Å². The van der Waals surface area contributed by atoms with E-state index in [4.69, 9.17) is 4.74 Å². The summed E-state index contributed by atoms with van der Waals surface area (Å²) in [6.07, 6.45) is 17.5. The molecule has 0 spiro atoms. The summed E-state index contributed by atoms with van der Waals surface area (Å²) in [5, 5.41) is 0. The molecule has 2 aromatic rings. The Morgan fingerprint density at radius 1 is 0.733 bits per heavy atom. The summed E-state index contributed by atoms with van der Waals surface area (Å²) in [6.45, 7) is 5.52. The highest BCUT2D eigenvalue weighted by molar-refractivity contribution is 5.28. The standard InChI is InChI=1S/C29H38O/c1-3-5-7-24-14-18-28(19-15-24)29-20-16-26(17-21-29)9-8-25-10-12-27(13-11-25)23-30-22-6-4-2/h3-6,10-13,16-17,20-21,24,28H,7-9,14-15,18-19,22-23H2,1-2H3/b5-3+,6-4+/t24-,28-. The van der Waals surface area contributed by atoms with Gasteiger partial charge in [-0.1, -0.05) is 72.8 Å². The Kier molecular flexibility index (Phi) is 9.44. The van der Waals surface area contributed by atoms with Crippen LogP contribution in [0.5, 0.6) is 0 Å². The van der Waals surface area contributed by atoms with E-state index in [0.717, 1.165) is 24.7 Å². The highest BCUT2D eigenvalue weighted by Crippen LogP contribution is 2.37. The van der Waals surface area contributed by atoms with Crippen molar-refractivity contribution in [2.75, 3.05) is 6.61 Å².